The van der Waals surface area contributed by atoms with Crippen molar-refractivity contribution in [2.45, 2.75) is 33.7 Å². The van der Waals surface area contributed by atoms with Crippen molar-refractivity contribution in [1.82, 2.24) is 14.8 Å². The Morgan fingerprint density at radius 2 is 2.15 bits per heavy atom. The van der Waals surface area contributed by atoms with Gasteiger partial charge < -0.3 is 4.74 Å². The zero-order valence-electron chi connectivity index (χ0n) is 8.53. The second kappa shape index (κ2) is 4.84. The van der Waals surface area contributed by atoms with Crippen molar-refractivity contribution < 1.29 is 4.74 Å². The molecule has 4 nitrogen and oxygen atoms in total. The van der Waals surface area contributed by atoms with Crippen LogP contribution in [0.2, 0.25) is 0 Å². The van der Waals surface area contributed by atoms with Crippen LogP contribution in [-0.2, 0) is 6.54 Å². The molecule has 0 unspecified atom stereocenters. The molecule has 1 aliphatic heterocycles. The Balaban J connectivity index is 0.000000184. The zero-order chi connectivity index (χ0) is 9.68. The molecule has 0 amide bonds. The van der Waals surface area contributed by atoms with E-state index in [1.165, 1.54) is 6.33 Å². The van der Waals surface area contributed by atoms with Gasteiger partial charge in [0.2, 0.25) is 0 Å². The molecule has 0 saturated heterocycles. The Kier molecular flexibility index (Phi) is 3.73. The van der Waals surface area contributed by atoms with Crippen molar-refractivity contribution in [2.24, 2.45) is 5.92 Å². The first kappa shape index (κ1) is 10.0. The van der Waals surface area contributed by atoms with E-state index in [4.69, 9.17) is 4.74 Å². The fraction of sp³-hybridized carbons (Fsp3) is 0.778. The topological polar surface area (TPSA) is 39.9 Å². The highest BCUT2D eigenvalue weighted by Gasteiger charge is 2.09. The first-order chi connectivity index (χ1) is 6.20. The average molecular weight is 183 g/mol. The second-order valence-electron chi connectivity index (χ2n) is 3.70. The van der Waals surface area contributed by atoms with Crippen LogP contribution in [0, 0.1) is 5.92 Å². The van der Waals surface area contributed by atoms with Gasteiger partial charge in [-0.1, -0.05) is 20.8 Å². The molecule has 2 heterocycles. The lowest BCUT2D eigenvalue weighted by Crippen LogP contribution is -2.14. The summed E-state index contributed by atoms with van der Waals surface area (Å²) in [7, 11) is 0. The lowest BCUT2D eigenvalue weighted by Gasteiger charge is -2.11. The Hall–Kier alpha value is -1.06. The summed E-state index contributed by atoms with van der Waals surface area (Å²) in [5.41, 5.74) is 0. The standard InChI is InChI=1S/C5H7N3O.C4H10/c1-2-8-5(9-3-1)6-4-7-8;1-4(2)3/h4H,1-3H2;4H,1-3H3. The number of nitrogens with zero attached hydrogens (tertiary/aromatic N) is 3. The number of rotatable bonds is 0. The molecule has 1 aliphatic rings. The van der Waals surface area contributed by atoms with Crippen molar-refractivity contribution >= 4 is 0 Å². The molecule has 2 rings (SSSR count). The largest absolute Gasteiger partial charge is 0.464 e. The number of hydrogen-bond acceptors (Lipinski definition) is 3. The first-order valence-corrected chi connectivity index (χ1v) is 4.70. The van der Waals surface area contributed by atoms with Crippen LogP contribution in [0.15, 0.2) is 6.33 Å². The maximum absolute atomic E-state index is 5.15. The van der Waals surface area contributed by atoms with Gasteiger partial charge in [-0.15, -0.1) is 0 Å². The number of hydrogen-bond donors (Lipinski definition) is 0. The van der Waals surface area contributed by atoms with Gasteiger partial charge in [0.05, 0.1) is 6.61 Å². The number of ether oxygens (including phenoxy) is 1. The molecule has 13 heavy (non-hydrogen) atoms. The van der Waals surface area contributed by atoms with Crippen molar-refractivity contribution in [3.05, 3.63) is 6.33 Å². The summed E-state index contributed by atoms with van der Waals surface area (Å²) in [6.07, 6.45) is 2.55. The Bertz CT molecular complexity index is 222. The maximum Gasteiger partial charge on any atom is 0.314 e. The summed E-state index contributed by atoms with van der Waals surface area (Å²) < 4.78 is 6.92. The van der Waals surface area contributed by atoms with Crippen LogP contribution in [0.1, 0.15) is 27.2 Å². The van der Waals surface area contributed by atoms with Crippen LogP contribution in [-0.4, -0.2) is 21.4 Å². The van der Waals surface area contributed by atoms with Gasteiger partial charge in [0.1, 0.15) is 6.33 Å². The predicted octanol–water partition coefficient (Wildman–Crippen LogP) is 1.72. The van der Waals surface area contributed by atoms with Gasteiger partial charge in [0.15, 0.2) is 0 Å². The molecule has 0 aromatic carbocycles. The molecule has 0 spiro atoms. The highest BCUT2D eigenvalue weighted by atomic mass is 16.5. The molecule has 0 N–H and O–H groups in total. The minimum Gasteiger partial charge on any atom is -0.464 e. The zero-order valence-corrected chi connectivity index (χ0v) is 8.53. The van der Waals surface area contributed by atoms with Crippen molar-refractivity contribution in [3.8, 4) is 6.01 Å². The molecule has 0 atom stereocenters. The van der Waals surface area contributed by atoms with E-state index in [0.717, 1.165) is 25.5 Å². The minimum absolute atomic E-state index is 0.654. The Labute approximate surface area is 78.9 Å². The van der Waals surface area contributed by atoms with Crippen LogP contribution < -0.4 is 4.74 Å². The average Bonchev–Trinajstić information content (AvgIpc) is 2.49. The first-order valence-electron chi connectivity index (χ1n) is 4.70. The molecule has 74 valence electrons. The van der Waals surface area contributed by atoms with E-state index in [0.29, 0.717) is 6.01 Å². The molecule has 1 aromatic rings. The number of aryl methyl sites for hydroxylation is 1. The van der Waals surface area contributed by atoms with E-state index in [1.54, 1.807) is 4.68 Å². The summed E-state index contributed by atoms with van der Waals surface area (Å²) in [5.74, 6) is 0.833. The van der Waals surface area contributed by atoms with Gasteiger partial charge in [0, 0.05) is 13.0 Å². The third-order valence-electron chi connectivity index (χ3n) is 1.33. The van der Waals surface area contributed by atoms with E-state index in [-0.39, 0.29) is 0 Å². The van der Waals surface area contributed by atoms with E-state index >= 15 is 0 Å². The van der Waals surface area contributed by atoms with Gasteiger partial charge in [0.25, 0.3) is 0 Å². The summed E-state index contributed by atoms with van der Waals surface area (Å²) in [5, 5.41) is 3.94. The highest BCUT2D eigenvalue weighted by molar-refractivity contribution is 4.92. The molecular weight excluding hydrogens is 166 g/mol. The molecular formula is C9H17N3O. The maximum atomic E-state index is 5.15. The summed E-state index contributed by atoms with van der Waals surface area (Å²) >= 11 is 0. The van der Waals surface area contributed by atoms with Crippen LogP contribution in [0.3, 0.4) is 0 Å². The van der Waals surface area contributed by atoms with Gasteiger partial charge in [-0.3, -0.25) is 0 Å². The van der Waals surface area contributed by atoms with Crippen LogP contribution in [0.25, 0.3) is 0 Å². The van der Waals surface area contributed by atoms with Crippen molar-refractivity contribution in [1.29, 1.82) is 0 Å². The van der Waals surface area contributed by atoms with Crippen LogP contribution >= 0.6 is 0 Å². The second-order valence-corrected chi connectivity index (χ2v) is 3.70. The minimum atomic E-state index is 0.654. The van der Waals surface area contributed by atoms with E-state index in [9.17, 15) is 0 Å². The number of fused-ring (bicyclic) bond motifs is 1. The van der Waals surface area contributed by atoms with Gasteiger partial charge >= 0.3 is 6.01 Å². The summed E-state index contributed by atoms with van der Waals surface area (Å²) in [6.45, 7) is 8.22. The molecule has 1 aromatic heterocycles. The smallest absolute Gasteiger partial charge is 0.314 e. The van der Waals surface area contributed by atoms with Crippen LogP contribution in [0.4, 0.5) is 0 Å². The van der Waals surface area contributed by atoms with E-state index in [1.807, 2.05) is 0 Å². The van der Waals surface area contributed by atoms with Crippen LogP contribution in [0.5, 0.6) is 6.01 Å². The molecule has 0 bridgehead atoms. The number of aromatic nitrogens is 3. The fourth-order valence-electron chi connectivity index (χ4n) is 0.897. The summed E-state index contributed by atoms with van der Waals surface area (Å²) in [6, 6.07) is 0.654. The lowest BCUT2D eigenvalue weighted by atomic mass is 10.3. The third-order valence-corrected chi connectivity index (χ3v) is 1.33. The Morgan fingerprint density at radius 3 is 2.77 bits per heavy atom. The molecule has 0 saturated carbocycles. The molecule has 4 heteroatoms. The monoisotopic (exact) mass is 183 g/mol. The van der Waals surface area contributed by atoms with E-state index < -0.39 is 0 Å². The molecule has 0 aliphatic carbocycles. The van der Waals surface area contributed by atoms with Gasteiger partial charge in [-0.05, 0) is 5.92 Å². The summed E-state index contributed by atoms with van der Waals surface area (Å²) in [4.78, 5) is 3.89. The Morgan fingerprint density at radius 1 is 1.46 bits per heavy atom. The third kappa shape index (κ3) is 3.44. The normalized spacial score (nSPS) is 14.2. The lowest BCUT2D eigenvalue weighted by molar-refractivity contribution is 0.221. The fourth-order valence-corrected chi connectivity index (χ4v) is 0.897. The van der Waals surface area contributed by atoms with Gasteiger partial charge in [-0.25, -0.2) is 4.68 Å². The SMILES string of the molecule is CC(C)C.c1nc2n(n1)CCCO2. The van der Waals surface area contributed by atoms with Gasteiger partial charge in [-0.2, -0.15) is 10.1 Å². The van der Waals surface area contributed by atoms with Crippen molar-refractivity contribution in [2.75, 3.05) is 6.61 Å². The quantitative estimate of drug-likeness (QED) is 0.615. The van der Waals surface area contributed by atoms with E-state index in [2.05, 4.69) is 30.9 Å². The predicted molar refractivity (Wildman–Crippen MR) is 50.6 cm³/mol. The highest BCUT2D eigenvalue weighted by Crippen LogP contribution is 2.09. The van der Waals surface area contributed by atoms with Crippen molar-refractivity contribution in [3.63, 3.8) is 0 Å². The molecule has 0 radical (unpaired) electrons. The molecule has 0 fully saturated rings.